The molecule has 2 fully saturated rings. The molecule has 2 saturated heterocycles. The van der Waals surface area contributed by atoms with Gasteiger partial charge in [-0.15, -0.1) is 0 Å². The summed E-state index contributed by atoms with van der Waals surface area (Å²) in [7, 11) is 0. The number of hydrogen-bond donors (Lipinski definition) is 1. The molecule has 1 aromatic carbocycles. The molecule has 0 aliphatic carbocycles. The Labute approximate surface area is 165 Å². The van der Waals surface area contributed by atoms with E-state index in [-0.39, 0.29) is 12.0 Å². The zero-order valence-electron chi connectivity index (χ0n) is 16.1. The molecule has 6 heteroatoms. The van der Waals surface area contributed by atoms with Crippen LogP contribution in [0.15, 0.2) is 42.6 Å². The number of amides is 1. The topological polar surface area (TPSA) is 63.7 Å². The van der Waals surface area contributed by atoms with Crippen molar-refractivity contribution in [1.82, 2.24) is 10.3 Å². The number of nitrogens with zero attached hydrogens (tertiary/aromatic N) is 2. The highest BCUT2D eigenvalue weighted by Crippen LogP contribution is 2.19. The quantitative estimate of drug-likeness (QED) is 0.798. The molecule has 2 aromatic rings. The van der Waals surface area contributed by atoms with Gasteiger partial charge in [-0.2, -0.15) is 0 Å². The maximum Gasteiger partial charge on any atom is 0.251 e. The average molecular weight is 381 g/mol. The maximum atomic E-state index is 12.5. The number of nitrogens with one attached hydrogen (secondary N) is 1. The van der Waals surface area contributed by atoms with Gasteiger partial charge >= 0.3 is 0 Å². The van der Waals surface area contributed by atoms with Crippen molar-refractivity contribution in [2.24, 2.45) is 0 Å². The van der Waals surface area contributed by atoms with Gasteiger partial charge in [-0.3, -0.25) is 4.79 Å². The molecule has 2 aliphatic rings. The van der Waals surface area contributed by atoms with Crippen molar-refractivity contribution in [2.45, 2.75) is 38.3 Å². The lowest BCUT2D eigenvalue weighted by Crippen LogP contribution is -2.23. The fourth-order valence-corrected chi connectivity index (χ4v) is 3.63. The van der Waals surface area contributed by atoms with Crippen molar-refractivity contribution >= 4 is 11.7 Å². The van der Waals surface area contributed by atoms with Gasteiger partial charge in [0, 0.05) is 38.0 Å². The van der Waals surface area contributed by atoms with E-state index in [0.717, 1.165) is 43.9 Å². The lowest BCUT2D eigenvalue weighted by atomic mass is 10.2. The molecule has 3 heterocycles. The molecule has 28 heavy (non-hydrogen) atoms. The zero-order chi connectivity index (χ0) is 19.2. The molecule has 2 aliphatic heterocycles. The Morgan fingerprint density at radius 1 is 1.21 bits per heavy atom. The number of carbonyl (C=O) groups excluding carboxylic acids is 1. The molecule has 0 saturated carbocycles. The van der Waals surface area contributed by atoms with Gasteiger partial charge in [0.2, 0.25) is 0 Å². The van der Waals surface area contributed by atoms with Crippen LogP contribution in [0.3, 0.4) is 0 Å². The van der Waals surface area contributed by atoms with Crippen LogP contribution < -0.4 is 15.0 Å². The molecule has 1 atom stereocenters. The highest BCUT2D eigenvalue weighted by atomic mass is 16.5. The molecule has 0 spiro atoms. The Hall–Kier alpha value is -2.60. The van der Waals surface area contributed by atoms with E-state index < -0.39 is 0 Å². The van der Waals surface area contributed by atoms with Crippen LogP contribution in [-0.2, 0) is 11.3 Å². The van der Waals surface area contributed by atoms with Gasteiger partial charge in [-0.25, -0.2) is 4.98 Å². The summed E-state index contributed by atoms with van der Waals surface area (Å²) < 4.78 is 11.4. The van der Waals surface area contributed by atoms with Gasteiger partial charge < -0.3 is 19.7 Å². The summed E-state index contributed by atoms with van der Waals surface area (Å²) >= 11 is 0. The summed E-state index contributed by atoms with van der Waals surface area (Å²) in [6, 6.07) is 11.3. The van der Waals surface area contributed by atoms with Crippen molar-refractivity contribution < 1.29 is 14.3 Å². The molecule has 0 bridgehead atoms. The Morgan fingerprint density at radius 2 is 2.11 bits per heavy atom. The number of ether oxygens (including phenoxy) is 2. The smallest absolute Gasteiger partial charge is 0.251 e. The van der Waals surface area contributed by atoms with Crippen molar-refractivity contribution in [1.29, 1.82) is 0 Å². The Bertz CT molecular complexity index is 782. The zero-order valence-corrected chi connectivity index (χ0v) is 16.1. The number of anilines is 1. The van der Waals surface area contributed by atoms with Crippen molar-refractivity contribution in [3.05, 3.63) is 53.7 Å². The first-order valence-corrected chi connectivity index (χ1v) is 10.1. The molecular weight excluding hydrogens is 354 g/mol. The fraction of sp³-hybridized carbons (Fsp3) is 0.455. The van der Waals surface area contributed by atoms with E-state index in [4.69, 9.17) is 9.47 Å². The van der Waals surface area contributed by atoms with Crippen molar-refractivity contribution in [2.75, 3.05) is 31.2 Å². The highest BCUT2D eigenvalue weighted by Gasteiger charge is 2.16. The molecule has 1 amide bonds. The number of rotatable bonds is 7. The Kier molecular flexibility index (Phi) is 6.07. The SMILES string of the molecule is O=C(NCc1ccc(N2CCCC2)nc1)c1cccc(OCC2CCCO2)c1. The van der Waals surface area contributed by atoms with E-state index >= 15 is 0 Å². The average Bonchev–Trinajstić information content (AvgIpc) is 3.45. The van der Waals surface area contributed by atoms with Gasteiger partial charge in [-0.1, -0.05) is 12.1 Å². The van der Waals surface area contributed by atoms with Gasteiger partial charge in [0.1, 0.15) is 18.2 Å². The normalized spacial score (nSPS) is 19.0. The minimum Gasteiger partial charge on any atom is -0.491 e. The Morgan fingerprint density at radius 3 is 2.86 bits per heavy atom. The lowest BCUT2D eigenvalue weighted by Gasteiger charge is -2.16. The molecular formula is C22H27N3O3. The Balaban J connectivity index is 1.28. The largest absolute Gasteiger partial charge is 0.491 e. The minimum atomic E-state index is -0.119. The second-order valence-electron chi connectivity index (χ2n) is 7.38. The van der Waals surface area contributed by atoms with Crippen LogP contribution in [0.25, 0.3) is 0 Å². The standard InChI is InChI=1S/C22H27N3O3/c26-22(18-5-3-6-19(13-18)28-16-20-7-4-12-27-20)24-15-17-8-9-21(23-14-17)25-10-1-2-11-25/h3,5-6,8-9,13-14,20H,1-2,4,7,10-12,15-16H2,(H,24,26). The number of benzene rings is 1. The number of aromatic nitrogens is 1. The van der Waals surface area contributed by atoms with Crippen LogP contribution in [0.2, 0.25) is 0 Å². The molecule has 6 nitrogen and oxygen atoms in total. The maximum absolute atomic E-state index is 12.5. The van der Waals surface area contributed by atoms with Gasteiger partial charge in [-0.05, 0) is 55.5 Å². The van der Waals surface area contributed by atoms with Crippen LogP contribution in [-0.4, -0.2) is 43.3 Å². The van der Waals surface area contributed by atoms with Crippen molar-refractivity contribution in [3.8, 4) is 5.75 Å². The second kappa shape index (κ2) is 9.06. The summed E-state index contributed by atoms with van der Waals surface area (Å²) in [5.41, 5.74) is 1.58. The number of pyridine rings is 1. The number of hydrogen-bond acceptors (Lipinski definition) is 5. The summed E-state index contributed by atoms with van der Waals surface area (Å²) in [4.78, 5) is 19.3. The highest BCUT2D eigenvalue weighted by molar-refractivity contribution is 5.94. The van der Waals surface area contributed by atoms with Crippen LogP contribution in [0.4, 0.5) is 5.82 Å². The summed E-state index contributed by atoms with van der Waals surface area (Å²) in [5, 5.41) is 2.96. The molecule has 1 unspecified atom stereocenters. The predicted octanol–water partition coefficient (Wildman–Crippen LogP) is 3.17. The van der Waals surface area contributed by atoms with E-state index in [9.17, 15) is 4.79 Å². The second-order valence-corrected chi connectivity index (χ2v) is 7.38. The number of carbonyl (C=O) groups is 1. The van der Waals surface area contributed by atoms with Crippen LogP contribution in [0, 0.1) is 0 Å². The summed E-state index contributed by atoms with van der Waals surface area (Å²) in [5.74, 6) is 1.59. The first-order chi connectivity index (χ1) is 13.8. The molecule has 1 aromatic heterocycles. The van der Waals surface area contributed by atoms with Gasteiger partial charge in [0.15, 0.2) is 0 Å². The van der Waals surface area contributed by atoms with Crippen LogP contribution >= 0.6 is 0 Å². The minimum absolute atomic E-state index is 0.119. The molecule has 148 valence electrons. The predicted molar refractivity (Wildman–Crippen MR) is 108 cm³/mol. The third-order valence-electron chi connectivity index (χ3n) is 5.25. The lowest BCUT2D eigenvalue weighted by molar-refractivity contribution is 0.0679. The molecule has 1 N–H and O–H groups in total. The third kappa shape index (κ3) is 4.81. The van der Waals surface area contributed by atoms with Crippen LogP contribution in [0.5, 0.6) is 5.75 Å². The monoisotopic (exact) mass is 381 g/mol. The summed E-state index contributed by atoms with van der Waals surface area (Å²) in [6.45, 7) is 3.94. The van der Waals surface area contributed by atoms with Crippen LogP contribution in [0.1, 0.15) is 41.6 Å². The van der Waals surface area contributed by atoms with E-state index in [0.29, 0.717) is 24.5 Å². The van der Waals surface area contributed by atoms with Crippen molar-refractivity contribution in [3.63, 3.8) is 0 Å². The third-order valence-corrected chi connectivity index (χ3v) is 5.25. The van der Waals surface area contributed by atoms with E-state index in [1.54, 1.807) is 12.1 Å². The first-order valence-electron chi connectivity index (χ1n) is 10.1. The first kappa shape index (κ1) is 18.7. The molecule has 0 radical (unpaired) electrons. The van der Waals surface area contributed by atoms with E-state index in [2.05, 4.69) is 15.2 Å². The summed E-state index contributed by atoms with van der Waals surface area (Å²) in [6.07, 6.45) is 6.59. The molecule has 4 rings (SSSR count). The fourth-order valence-electron chi connectivity index (χ4n) is 3.63. The van der Waals surface area contributed by atoms with Gasteiger partial charge in [0.25, 0.3) is 5.91 Å². The van der Waals surface area contributed by atoms with Gasteiger partial charge in [0.05, 0.1) is 6.10 Å². The van der Waals surface area contributed by atoms with E-state index in [1.807, 2.05) is 30.5 Å². The van der Waals surface area contributed by atoms with E-state index in [1.165, 1.54) is 12.8 Å².